The Morgan fingerprint density at radius 3 is 2.27 bits per heavy atom. The standard InChI is InChI=1S/C17H18F5NO2S/c1-3-6-12(11-17(20,21)22)7-4-5-8-13-9-14(18)16(15(19)10-13)23-26(2,24)25/h3-4,6-7,9-10,23H,1,5,8,11H2,2H3/b7-4+,12-6-. The molecule has 26 heavy (non-hydrogen) atoms. The van der Waals surface area contributed by atoms with Crippen LogP contribution in [0.2, 0.25) is 0 Å². The van der Waals surface area contributed by atoms with E-state index in [1.807, 2.05) is 0 Å². The zero-order valence-electron chi connectivity index (χ0n) is 13.9. The molecule has 144 valence electrons. The molecule has 0 aliphatic heterocycles. The van der Waals surface area contributed by atoms with E-state index in [1.165, 1.54) is 24.3 Å². The molecule has 1 aromatic carbocycles. The second-order valence-electron chi connectivity index (χ2n) is 5.52. The van der Waals surface area contributed by atoms with Crippen LogP contribution >= 0.6 is 0 Å². The normalized spacial score (nSPS) is 13.2. The van der Waals surface area contributed by atoms with Crippen molar-refractivity contribution in [1.82, 2.24) is 0 Å². The van der Waals surface area contributed by atoms with E-state index in [0.29, 0.717) is 0 Å². The topological polar surface area (TPSA) is 46.2 Å². The number of alkyl halides is 3. The van der Waals surface area contributed by atoms with Crippen LogP contribution in [0.15, 0.2) is 48.6 Å². The van der Waals surface area contributed by atoms with Gasteiger partial charge in [0.05, 0.1) is 12.7 Å². The minimum atomic E-state index is -4.35. The van der Waals surface area contributed by atoms with Gasteiger partial charge in [-0.25, -0.2) is 17.2 Å². The van der Waals surface area contributed by atoms with Crippen molar-refractivity contribution in [3.05, 3.63) is 65.8 Å². The Bertz CT molecular complexity index is 788. The van der Waals surface area contributed by atoms with E-state index in [1.54, 1.807) is 4.72 Å². The molecule has 0 saturated carbocycles. The average Bonchev–Trinajstić information content (AvgIpc) is 2.45. The van der Waals surface area contributed by atoms with Crippen LogP contribution < -0.4 is 4.72 Å². The fourth-order valence-corrected chi connectivity index (χ4v) is 2.66. The van der Waals surface area contributed by atoms with Gasteiger partial charge in [0.15, 0.2) is 11.6 Å². The third-order valence-corrected chi connectivity index (χ3v) is 3.63. The third-order valence-electron chi connectivity index (χ3n) is 3.06. The van der Waals surface area contributed by atoms with Crippen molar-refractivity contribution >= 4 is 15.7 Å². The number of halogens is 5. The summed E-state index contributed by atoms with van der Waals surface area (Å²) >= 11 is 0. The van der Waals surface area contributed by atoms with Crippen molar-refractivity contribution in [2.24, 2.45) is 0 Å². The molecule has 1 aromatic rings. The highest BCUT2D eigenvalue weighted by molar-refractivity contribution is 7.92. The number of benzene rings is 1. The first-order valence-electron chi connectivity index (χ1n) is 7.42. The zero-order chi connectivity index (χ0) is 20.0. The Hall–Kier alpha value is -2.16. The molecule has 0 aliphatic rings. The summed E-state index contributed by atoms with van der Waals surface area (Å²) in [5.41, 5.74) is -0.514. The average molecular weight is 395 g/mol. The molecule has 0 radical (unpaired) electrons. The van der Waals surface area contributed by atoms with Gasteiger partial charge in [-0.05, 0) is 36.1 Å². The van der Waals surface area contributed by atoms with Gasteiger partial charge in [0.25, 0.3) is 0 Å². The lowest BCUT2D eigenvalue weighted by Gasteiger charge is -2.09. The van der Waals surface area contributed by atoms with Crippen LogP contribution in [0.1, 0.15) is 18.4 Å². The molecule has 0 bridgehead atoms. The van der Waals surface area contributed by atoms with Crippen molar-refractivity contribution in [3.63, 3.8) is 0 Å². The highest BCUT2D eigenvalue weighted by Gasteiger charge is 2.27. The molecule has 0 unspecified atom stereocenters. The van der Waals surface area contributed by atoms with Gasteiger partial charge in [0.1, 0.15) is 5.69 Å². The first kappa shape index (κ1) is 21.9. The highest BCUT2D eigenvalue weighted by atomic mass is 32.2. The summed E-state index contributed by atoms with van der Waals surface area (Å²) in [5, 5.41) is 0. The van der Waals surface area contributed by atoms with E-state index < -0.39 is 39.9 Å². The van der Waals surface area contributed by atoms with E-state index >= 15 is 0 Å². The number of nitrogens with one attached hydrogen (secondary N) is 1. The number of sulfonamides is 1. The molecule has 0 aliphatic carbocycles. The van der Waals surface area contributed by atoms with Crippen LogP contribution in [0.25, 0.3) is 0 Å². The first-order chi connectivity index (χ1) is 11.9. The maximum Gasteiger partial charge on any atom is 0.393 e. The monoisotopic (exact) mass is 395 g/mol. The number of rotatable bonds is 8. The lowest BCUT2D eigenvalue weighted by molar-refractivity contribution is -0.126. The summed E-state index contributed by atoms with van der Waals surface area (Å²) in [4.78, 5) is 0. The highest BCUT2D eigenvalue weighted by Crippen LogP contribution is 2.26. The van der Waals surface area contributed by atoms with Crippen molar-refractivity contribution in [1.29, 1.82) is 0 Å². The summed E-state index contributed by atoms with van der Waals surface area (Å²) in [5.74, 6) is -2.14. The van der Waals surface area contributed by atoms with Crippen molar-refractivity contribution in [2.75, 3.05) is 11.0 Å². The molecule has 0 saturated heterocycles. The Labute approximate surface area is 149 Å². The Kier molecular flexibility index (Phi) is 7.55. The van der Waals surface area contributed by atoms with Gasteiger partial charge in [0.2, 0.25) is 10.0 Å². The molecule has 0 heterocycles. The lowest BCUT2D eigenvalue weighted by atomic mass is 10.1. The number of hydrogen-bond donors (Lipinski definition) is 1. The number of aryl methyl sites for hydroxylation is 1. The Morgan fingerprint density at radius 1 is 1.23 bits per heavy atom. The van der Waals surface area contributed by atoms with Crippen LogP contribution in [0.5, 0.6) is 0 Å². The summed E-state index contributed by atoms with van der Waals surface area (Å²) < 4.78 is 88.8. The van der Waals surface area contributed by atoms with Gasteiger partial charge < -0.3 is 0 Å². The number of allylic oxidation sites excluding steroid dienone is 5. The van der Waals surface area contributed by atoms with E-state index in [0.717, 1.165) is 18.4 Å². The third kappa shape index (κ3) is 8.28. The number of hydrogen-bond acceptors (Lipinski definition) is 2. The Balaban J connectivity index is 2.79. The molecule has 0 fully saturated rings. The molecule has 9 heteroatoms. The minimum Gasteiger partial charge on any atom is -0.278 e. The van der Waals surface area contributed by atoms with Crippen molar-refractivity contribution < 1.29 is 30.4 Å². The molecule has 0 atom stereocenters. The van der Waals surface area contributed by atoms with Crippen molar-refractivity contribution in [2.45, 2.75) is 25.4 Å². The Morgan fingerprint density at radius 2 is 1.81 bits per heavy atom. The SMILES string of the molecule is C=C/C=C(/C=C/CCc1cc(F)c(NS(C)(=O)=O)c(F)c1)CC(F)(F)F. The molecule has 1 N–H and O–H groups in total. The largest absolute Gasteiger partial charge is 0.393 e. The van der Waals surface area contributed by atoms with Crippen LogP contribution in [0.4, 0.5) is 27.6 Å². The second-order valence-corrected chi connectivity index (χ2v) is 7.27. The molecule has 0 spiro atoms. The number of anilines is 1. The van der Waals surface area contributed by atoms with Gasteiger partial charge in [-0.1, -0.05) is 30.9 Å². The lowest BCUT2D eigenvalue weighted by Crippen LogP contribution is -2.12. The van der Waals surface area contributed by atoms with Gasteiger partial charge in [-0.15, -0.1) is 0 Å². The van der Waals surface area contributed by atoms with E-state index in [2.05, 4.69) is 6.58 Å². The van der Waals surface area contributed by atoms with E-state index in [4.69, 9.17) is 0 Å². The van der Waals surface area contributed by atoms with Crippen LogP contribution in [0, 0.1) is 11.6 Å². The van der Waals surface area contributed by atoms with Crippen molar-refractivity contribution in [3.8, 4) is 0 Å². The molecular weight excluding hydrogens is 377 g/mol. The summed E-state index contributed by atoms with van der Waals surface area (Å²) in [7, 11) is -3.83. The fraction of sp³-hybridized carbons (Fsp3) is 0.294. The van der Waals surface area contributed by atoms with Gasteiger partial charge in [0, 0.05) is 0 Å². The maximum absolute atomic E-state index is 13.8. The second kappa shape index (κ2) is 8.98. The van der Waals surface area contributed by atoms with Crippen LogP contribution in [0.3, 0.4) is 0 Å². The molecular formula is C17H18F5NO2S. The summed E-state index contributed by atoms with van der Waals surface area (Å²) in [6.45, 7) is 3.35. The first-order valence-corrected chi connectivity index (χ1v) is 9.31. The van der Waals surface area contributed by atoms with Crippen LogP contribution in [-0.2, 0) is 16.4 Å². The fourth-order valence-electron chi connectivity index (χ4n) is 2.09. The van der Waals surface area contributed by atoms with Gasteiger partial charge in [-0.2, -0.15) is 13.2 Å². The predicted octanol–water partition coefficient (Wildman–Crippen LogP) is 4.89. The molecule has 3 nitrogen and oxygen atoms in total. The minimum absolute atomic E-state index is 0.0116. The van der Waals surface area contributed by atoms with E-state index in [9.17, 15) is 30.4 Å². The summed E-state index contributed by atoms with van der Waals surface area (Å²) in [6.07, 6.45) is 0.916. The smallest absolute Gasteiger partial charge is 0.278 e. The molecule has 1 rings (SSSR count). The summed E-state index contributed by atoms with van der Waals surface area (Å²) in [6, 6.07) is 1.95. The maximum atomic E-state index is 13.8. The van der Waals surface area contributed by atoms with Gasteiger partial charge in [-0.3, -0.25) is 4.72 Å². The quantitative estimate of drug-likeness (QED) is 0.503. The van der Waals surface area contributed by atoms with Gasteiger partial charge >= 0.3 is 6.18 Å². The van der Waals surface area contributed by atoms with Crippen LogP contribution in [-0.4, -0.2) is 20.8 Å². The molecule has 0 amide bonds. The predicted molar refractivity (Wildman–Crippen MR) is 91.2 cm³/mol. The molecule has 0 aromatic heterocycles. The van der Waals surface area contributed by atoms with E-state index in [-0.39, 0.29) is 24.0 Å². The zero-order valence-corrected chi connectivity index (χ0v) is 14.7.